The molecule has 0 aliphatic heterocycles. The van der Waals surface area contributed by atoms with Crippen molar-refractivity contribution in [3.8, 4) is 0 Å². The maximum atomic E-state index is 10.7. The molecule has 8 nitrogen and oxygen atoms in total. The van der Waals surface area contributed by atoms with Crippen molar-refractivity contribution in [3.63, 3.8) is 0 Å². The lowest BCUT2D eigenvalue weighted by Gasteiger charge is -2.11. The molecule has 0 saturated heterocycles. The van der Waals surface area contributed by atoms with Crippen LogP contribution in [-0.4, -0.2) is 36.1 Å². The minimum absolute atomic E-state index is 0. The Labute approximate surface area is 175 Å². The molecule has 0 spiro atoms. The van der Waals surface area contributed by atoms with Gasteiger partial charge in [0.05, 0.1) is 17.4 Å². The first-order valence-electron chi connectivity index (χ1n) is 8.64. The highest BCUT2D eigenvalue weighted by atomic mass is 35.5. The first-order chi connectivity index (χ1) is 13.4. The van der Waals surface area contributed by atoms with Crippen LogP contribution in [0, 0.1) is 17.0 Å². The van der Waals surface area contributed by atoms with Gasteiger partial charge in [-0.1, -0.05) is 22.3 Å². The molecule has 0 aliphatic carbocycles. The SMILES string of the molecule is Cc1n(/N=C/c2ccc(N(C)C)cc2)cc[n+]1/N=C/c1ccc([N+](=O)[O-])cc1.[Cl-]. The molecule has 2 aromatic carbocycles. The van der Waals surface area contributed by atoms with Crippen molar-refractivity contribution in [3.05, 3.63) is 88.0 Å². The Kier molecular flexibility index (Phi) is 7.21. The predicted molar refractivity (Wildman–Crippen MR) is 109 cm³/mol. The lowest BCUT2D eigenvalue weighted by molar-refractivity contribution is -0.684. The van der Waals surface area contributed by atoms with E-state index in [4.69, 9.17) is 0 Å². The standard InChI is InChI=1S/C20H21N6O2.ClH/c1-16-24(21-14-17-4-8-19(9-5-17)23(2)3)12-13-25(16)22-15-18-6-10-20(11-7-18)26(27)28;/h4-15H,1-3H3;1H/q+1;/p-1/b21-14+,22-15+;. The largest absolute Gasteiger partial charge is 1.00 e. The highest BCUT2D eigenvalue weighted by Crippen LogP contribution is 2.11. The van der Waals surface area contributed by atoms with E-state index < -0.39 is 4.92 Å². The Morgan fingerprint density at radius 2 is 1.62 bits per heavy atom. The van der Waals surface area contributed by atoms with Crippen molar-refractivity contribution in [2.24, 2.45) is 10.2 Å². The van der Waals surface area contributed by atoms with Crippen LogP contribution in [0.5, 0.6) is 0 Å². The van der Waals surface area contributed by atoms with Gasteiger partial charge in [0, 0.05) is 38.8 Å². The first-order valence-corrected chi connectivity index (χ1v) is 8.64. The Morgan fingerprint density at radius 1 is 1.03 bits per heavy atom. The summed E-state index contributed by atoms with van der Waals surface area (Å²) in [7, 11) is 4.00. The monoisotopic (exact) mass is 412 g/mol. The first kappa shape index (κ1) is 21.8. The lowest BCUT2D eigenvalue weighted by Crippen LogP contribution is -3.00. The summed E-state index contributed by atoms with van der Waals surface area (Å²) in [5, 5.41) is 19.5. The Bertz CT molecular complexity index is 1020. The van der Waals surface area contributed by atoms with Crippen LogP contribution < -0.4 is 22.0 Å². The van der Waals surface area contributed by atoms with E-state index in [0.29, 0.717) is 0 Å². The van der Waals surface area contributed by atoms with E-state index in [1.807, 2.05) is 56.4 Å². The van der Waals surface area contributed by atoms with Gasteiger partial charge in [-0.15, -0.1) is 9.35 Å². The fourth-order valence-corrected chi connectivity index (χ4v) is 2.49. The molecule has 29 heavy (non-hydrogen) atoms. The molecule has 0 aliphatic rings. The molecule has 150 valence electrons. The van der Waals surface area contributed by atoms with E-state index in [9.17, 15) is 10.1 Å². The van der Waals surface area contributed by atoms with Crippen molar-refractivity contribution in [2.45, 2.75) is 6.92 Å². The van der Waals surface area contributed by atoms with Gasteiger partial charge in [0.2, 0.25) is 0 Å². The molecule has 0 saturated carbocycles. The van der Waals surface area contributed by atoms with Crippen LogP contribution in [0.2, 0.25) is 0 Å². The van der Waals surface area contributed by atoms with E-state index in [0.717, 1.165) is 22.6 Å². The third-order valence-corrected chi connectivity index (χ3v) is 4.19. The number of hydrogen-bond acceptors (Lipinski definition) is 5. The smallest absolute Gasteiger partial charge is 0.304 e. The second-order valence-corrected chi connectivity index (χ2v) is 6.36. The number of non-ortho nitro benzene ring substituents is 1. The van der Waals surface area contributed by atoms with Gasteiger partial charge in [-0.25, -0.2) is 0 Å². The van der Waals surface area contributed by atoms with Crippen LogP contribution in [0.4, 0.5) is 11.4 Å². The lowest BCUT2D eigenvalue weighted by atomic mass is 10.2. The van der Waals surface area contributed by atoms with E-state index in [-0.39, 0.29) is 18.1 Å². The molecule has 0 fully saturated rings. The predicted octanol–water partition coefficient (Wildman–Crippen LogP) is -0.173. The molecule has 3 rings (SSSR count). The molecule has 0 unspecified atom stereocenters. The van der Waals surface area contributed by atoms with Crippen molar-refractivity contribution < 1.29 is 22.0 Å². The highest BCUT2D eigenvalue weighted by Gasteiger charge is 2.10. The number of hydrogen-bond donors (Lipinski definition) is 0. The molecule has 0 bridgehead atoms. The van der Waals surface area contributed by atoms with Gasteiger partial charge in [0.25, 0.3) is 5.69 Å². The number of nitro benzene ring substituents is 1. The molecule has 3 aromatic rings. The van der Waals surface area contributed by atoms with Gasteiger partial charge in [0.15, 0.2) is 12.4 Å². The number of benzene rings is 2. The molecular weight excluding hydrogens is 392 g/mol. The number of halogens is 1. The Morgan fingerprint density at radius 3 is 2.21 bits per heavy atom. The summed E-state index contributed by atoms with van der Waals surface area (Å²) < 4.78 is 3.42. The zero-order chi connectivity index (χ0) is 20.1. The normalized spacial score (nSPS) is 11.0. The fraction of sp³-hybridized carbons (Fsp3) is 0.150. The number of anilines is 1. The molecule has 1 aromatic heterocycles. The van der Waals surface area contributed by atoms with Gasteiger partial charge >= 0.3 is 5.82 Å². The molecule has 9 heteroatoms. The number of nitrogens with zero attached hydrogens (tertiary/aromatic N) is 6. The third-order valence-electron chi connectivity index (χ3n) is 4.19. The van der Waals surface area contributed by atoms with Crippen molar-refractivity contribution >= 4 is 23.8 Å². The van der Waals surface area contributed by atoms with Crippen LogP contribution in [-0.2, 0) is 0 Å². The molecular formula is C20H21ClN6O2. The number of rotatable bonds is 6. The maximum absolute atomic E-state index is 10.7. The summed E-state index contributed by atoms with van der Waals surface area (Å²) in [5.74, 6) is 0.819. The fourth-order valence-electron chi connectivity index (χ4n) is 2.49. The van der Waals surface area contributed by atoms with Crippen molar-refractivity contribution in [2.75, 3.05) is 19.0 Å². The van der Waals surface area contributed by atoms with Crippen LogP contribution in [0.15, 0.2) is 71.1 Å². The van der Waals surface area contributed by atoms with Gasteiger partial charge in [0.1, 0.15) is 0 Å². The molecule has 0 amide bonds. The van der Waals surface area contributed by atoms with Crippen LogP contribution in [0.1, 0.15) is 17.0 Å². The minimum atomic E-state index is -0.425. The van der Waals surface area contributed by atoms with Gasteiger partial charge in [-0.05, 0) is 35.4 Å². The second-order valence-electron chi connectivity index (χ2n) is 6.36. The average molecular weight is 413 g/mol. The number of nitro groups is 1. The summed E-state index contributed by atoms with van der Waals surface area (Å²) in [6.07, 6.45) is 7.04. The third kappa shape index (κ3) is 5.49. The van der Waals surface area contributed by atoms with E-state index >= 15 is 0 Å². The Hall–Kier alpha value is -3.52. The molecule has 1 heterocycles. The number of aromatic nitrogens is 2. The van der Waals surface area contributed by atoms with Crippen LogP contribution in [0.3, 0.4) is 0 Å². The number of imidazole rings is 1. The van der Waals surface area contributed by atoms with Crippen LogP contribution in [0.25, 0.3) is 0 Å². The van der Waals surface area contributed by atoms with Crippen LogP contribution >= 0.6 is 0 Å². The second kappa shape index (κ2) is 9.61. The highest BCUT2D eigenvalue weighted by molar-refractivity contribution is 5.80. The summed E-state index contributed by atoms with van der Waals surface area (Å²) in [4.78, 5) is 12.3. The van der Waals surface area contributed by atoms with Gasteiger partial charge < -0.3 is 17.3 Å². The summed E-state index contributed by atoms with van der Waals surface area (Å²) in [6.45, 7) is 1.90. The van der Waals surface area contributed by atoms with E-state index in [1.54, 1.807) is 40.1 Å². The maximum Gasteiger partial charge on any atom is 0.304 e. The van der Waals surface area contributed by atoms with E-state index in [1.165, 1.54) is 12.1 Å². The zero-order valence-electron chi connectivity index (χ0n) is 16.3. The minimum Gasteiger partial charge on any atom is -1.00 e. The quantitative estimate of drug-likeness (QED) is 0.244. The zero-order valence-corrected chi connectivity index (χ0v) is 17.1. The van der Waals surface area contributed by atoms with E-state index in [2.05, 4.69) is 10.2 Å². The van der Waals surface area contributed by atoms with Crippen molar-refractivity contribution in [1.29, 1.82) is 0 Å². The van der Waals surface area contributed by atoms with Gasteiger partial charge in [-0.3, -0.25) is 10.1 Å². The Balaban J connectivity index is 0.00000300. The summed E-state index contributed by atoms with van der Waals surface area (Å²) in [5.41, 5.74) is 2.96. The molecule has 0 atom stereocenters. The van der Waals surface area contributed by atoms with Crippen molar-refractivity contribution in [1.82, 2.24) is 4.68 Å². The summed E-state index contributed by atoms with van der Waals surface area (Å²) in [6, 6.07) is 14.3. The topological polar surface area (TPSA) is 79.9 Å². The summed E-state index contributed by atoms with van der Waals surface area (Å²) >= 11 is 0. The molecule has 0 N–H and O–H groups in total. The van der Waals surface area contributed by atoms with Gasteiger partial charge in [-0.2, -0.15) is 0 Å². The average Bonchev–Trinajstić information content (AvgIpc) is 3.05. The molecule has 0 radical (unpaired) electrons.